The lowest BCUT2D eigenvalue weighted by molar-refractivity contribution is 0.0949. The molecule has 0 fully saturated rings. The number of H-pyrrole nitrogens is 2. The summed E-state index contributed by atoms with van der Waals surface area (Å²) in [7, 11) is 1.80. The van der Waals surface area contributed by atoms with E-state index in [1.54, 1.807) is 7.05 Å². The minimum Gasteiger partial charge on any atom is -0.349 e. The van der Waals surface area contributed by atoms with Crippen LogP contribution in [0.15, 0.2) is 11.0 Å². The van der Waals surface area contributed by atoms with Crippen molar-refractivity contribution in [2.45, 2.75) is 0 Å². The molecule has 0 saturated carbocycles. The molecule has 4 N–H and O–H groups in total. The first kappa shape index (κ1) is 9.53. The van der Waals surface area contributed by atoms with E-state index in [1.165, 1.54) is 6.20 Å². The van der Waals surface area contributed by atoms with Crippen LogP contribution in [0.1, 0.15) is 10.5 Å². The van der Waals surface area contributed by atoms with Gasteiger partial charge in [-0.25, -0.2) is 4.79 Å². The zero-order valence-corrected chi connectivity index (χ0v) is 7.31. The van der Waals surface area contributed by atoms with E-state index >= 15 is 0 Å². The van der Waals surface area contributed by atoms with Crippen LogP contribution in [0.25, 0.3) is 0 Å². The molecular weight excluding hydrogens is 172 g/mol. The monoisotopic (exact) mass is 184 g/mol. The normalized spacial score (nSPS) is 9.92. The summed E-state index contributed by atoms with van der Waals surface area (Å²) in [5.41, 5.74) is -0.125. The van der Waals surface area contributed by atoms with Crippen molar-refractivity contribution >= 4 is 5.91 Å². The summed E-state index contributed by atoms with van der Waals surface area (Å²) in [6, 6.07) is 0. The molecule has 1 amide bonds. The molecule has 0 aromatic carbocycles. The van der Waals surface area contributed by atoms with Gasteiger partial charge in [0.25, 0.3) is 5.91 Å². The predicted molar refractivity (Wildman–Crippen MR) is 47.7 cm³/mol. The molecule has 0 unspecified atom stereocenters. The minimum absolute atomic E-state index is 0.251. The van der Waals surface area contributed by atoms with E-state index < -0.39 is 0 Å². The van der Waals surface area contributed by atoms with Crippen molar-refractivity contribution in [3.63, 3.8) is 0 Å². The van der Waals surface area contributed by atoms with Crippen LogP contribution in [0.3, 0.4) is 0 Å². The second-order valence-corrected chi connectivity index (χ2v) is 2.52. The molecule has 0 spiro atoms. The van der Waals surface area contributed by atoms with Crippen LogP contribution in [-0.2, 0) is 0 Å². The Bertz CT molecular complexity index is 327. The Labute approximate surface area is 74.7 Å². The van der Waals surface area contributed by atoms with Crippen molar-refractivity contribution in [2.24, 2.45) is 0 Å². The van der Waals surface area contributed by atoms with Gasteiger partial charge in [-0.05, 0) is 7.05 Å². The molecular formula is C7H12N4O2. The lowest BCUT2D eigenvalue weighted by Gasteiger charge is -2.01. The van der Waals surface area contributed by atoms with Gasteiger partial charge < -0.3 is 20.6 Å². The fourth-order valence-electron chi connectivity index (χ4n) is 0.851. The fourth-order valence-corrected chi connectivity index (χ4v) is 0.851. The second-order valence-electron chi connectivity index (χ2n) is 2.52. The van der Waals surface area contributed by atoms with E-state index in [4.69, 9.17) is 0 Å². The lowest BCUT2D eigenvalue weighted by Crippen LogP contribution is -2.30. The van der Waals surface area contributed by atoms with E-state index in [1.807, 2.05) is 0 Å². The van der Waals surface area contributed by atoms with Gasteiger partial charge in [0.15, 0.2) is 0 Å². The number of hydrogen-bond acceptors (Lipinski definition) is 3. The zero-order chi connectivity index (χ0) is 9.68. The Morgan fingerprint density at radius 1 is 1.54 bits per heavy atom. The SMILES string of the molecule is CNCCNC(=O)c1c[nH]c(=O)[nH]1. The Morgan fingerprint density at radius 2 is 2.31 bits per heavy atom. The number of carbonyl (C=O) groups excluding carboxylic acids is 1. The standard InChI is InChI=1S/C7H12N4O2/c1-8-2-3-9-6(12)5-4-10-7(13)11-5/h4,8H,2-3H2,1H3,(H,9,12)(H2,10,11,13). The number of hydrogen-bond donors (Lipinski definition) is 4. The first-order valence-electron chi connectivity index (χ1n) is 3.94. The van der Waals surface area contributed by atoms with Crippen LogP contribution in [0.4, 0.5) is 0 Å². The summed E-state index contributed by atoms with van der Waals surface area (Å²) in [5, 5.41) is 5.51. The van der Waals surface area contributed by atoms with Gasteiger partial charge in [0.2, 0.25) is 0 Å². The van der Waals surface area contributed by atoms with Crippen LogP contribution in [0, 0.1) is 0 Å². The lowest BCUT2D eigenvalue weighted by atomic mass is 10.4. The molecule has 1 aromatic rings. The van der Waals surface area contributed by atoms with Crippen LogP contribution in [0.5, 0.6) is 0 Å². The molecule has 0 aliphatic carbocycles. The average Bonchev–Trinajstić information content (AvgIpc) is 2.52. The number of nitrogens with one attached hydrogen (secondary N) is 4. The number of aromatic nitrogens is 2. The highest BCUT2D eigenvalue weighted by Gasteiger charge is 2.05. The molecule has 1 rings (SSSR count). The largest absolute Gasteiger partial charge is 0.349 e. The molecule has 13 heavy (non-hydrogen) atoms. The topological polar surface area (TPSA) is 89.8 Å². The molecule has 0 radical (unpaired) electrons. The maximum Gasteiger partial charge on any atom is 0.323 e. The third-order valence-electron chi connectivity index (χ3n) is 1.50. The van der Waals surface area contributed by atoms with Crippen LogP contribution in [-0.4, -0.2) is 36.0 Å². The van der Waals surface area contributed by atoms with Gasteiger partial charge in [0.1, 0.15) is 5.69 Å². The van der Waals surface area contributed by atoms with Crippen molar-refractivity contribution in [1.82, 2.24) is 20.6 Å². The van der Waals surface area contributed by atoms with Gasteiger partial charge in [-0.3, -0.25) is 4.79 Å². The molecule has 6 heteroatoms. The molecule has 0 atom stereocenters. The molecule has 1 heterocycles. The molecule has 72 valence electrons. The Kier molecular flexibility index (Phi) is 3.27. The minimum atomic E-state index is -0.376. The molecule has 0 aliphatic rings. The van der Waals surface area contributed by atoms with E-state index in [-0.39, 0.29) is 17.3 Å². The second kappa shape index (κ2) is 4.46. The van der Waals surface area contributed by atoms with E-state index in [9.17, 15) is 9.59 Å². The highest BCUT2D eigenvalue weighted by Crippen LogP contribution is 1.85. The third-order valence-corrected chi connectivity index (χ3v) is 1.50. The Hall–Kier alpha value is -1.56. The number of aromatic amines is 2. The van der Waals surface area contributed by atoms with E-state index in [2.05, 4.69) is 20.6 Å². The maximum atomic E-state index is 11.2. The smallest absolute Gasteiger partial charge is 0.323 e. The van der Waals surface area contributed by atoms with Crippen molar-refractivity contribution < 1.29 is 4.79 Å². The van der Waals surface area contributed by atoms with Crippen LogP contribution < -0.4 is 16.3 Å². The van der Waals surface area contributed by atoms with Crippen molar-refractivity contribution in [1.29, 1.82) is 0 Å². The summed E-state index contributed by atoms with van der Waals surface area (Å²) in [4.78, 5) is 26.5. The van der Waals surface area contributed by atoms with Crippen molar-refractivity contribution in [2.75, 3.05) is 20.1 Å². The number of rotatable bonds is 4. The van der Waals surface area contributed by atoms with Crippen molar-refractivity contribution in [3.05, 3.63) is 22.4 Å². The summed E-state index contributed by atoms with van der Waals surface area (Å²) >= 11 is 0. The maximum absolute atomic E-state index is 11.2. The average molecular weight is 184 g/mol. The summed E-state index contributed by atoms with van der Waals surface area (Å²) in [6.07, 6.45) is 1.34. The van der Waals surface area contributed by atoms with Gasteiger partial charge in [0.05, 0.1) is 0 Å². The molecule has 1 aromatic heterocycles. The molecule has 0 saturated heterocycles. The van der Waals surface area contributed by atoms with E-state index in [0.29, 0.717) is 13.1 Å². The zero-order valence-electron chi connectivity index (χ0n) is 7.31. The number of imidazole rings is 1. The third kappa shape index (κ3) is 2.75. The van der Waals surface area contributed by atoms with Crippen LogP contribution >= 0.6 is 0 Å². The van der Waals surface area contributed by atoms with Crippen molar-refractivity contribution in [3.8, 4) is 0 Å². The van der Waals surface area contributed by atoms with Gasteiger partial charge in [-0.2, -0.15) is 0 Å². The summed E-state index contributed by atoms with van der Waals surface area (Å²) in [5.74, 6) is -0.284. The van der Waals surface area contributed by atoms with Crippen LogP contribution in [0.2, 0.25) is 0 Å². The first-order chi connectivity index (χ1) is 6.24. The first-order valence-corrected chi connectivity index (χ1v) is 3.94. The Balaban J connectivity index is 2.44. The van der Waals surface area contributed by atoms with Gasteiger partial charge in [-0.1, -0.05) is 0 Å². The molecule has 0 bridgehead atoms. The number of likely N-dealkylation sites (N-methyl/N-ethyl adjacent to an activating group) is 1. The van der Waals surface area contributed by atoms with Gasteiger partial charge in [-0.15, -0.1) is 0 Å². The van der Waals surface area contributed by atoms with Gasteiger partial charge in [0, 0.05) is 19.3 Å². The predicted octanol–water partition coefficient (Wildman–Crippen LogP) is -1.35. The molecule has 6 nitrogen and oxygen atoms in total. The highest BCUT2D eigenvalue weighted by atomic mass is 16.2. The quantitative estimate of drug-likeness (QED) is 0.436. The number of amides is 1. The number of carbonyl (C=O) groups is 1. The molecule has 0 aliphatic heterocycles. The highest BCUT2D eigenvalue weighted by molar-refractivity contribution is 5.91. The fraction of sp³-hybridized carbons (Fsp3) is 0.429. The Morgan fingerprint density at radius 3 is 2.85 bits per heavy atom. The van der Waals surface area contributed by atoms with Gasteiger partial charge >= 0.3 is 5.69 Å². The van der Waals surface area contributed by atoms with E-state index in [0.717, 1.165) is 0 Å². The summed E-state index contributed by atoms with van der Waals surface area (Å²) in [6.45, 7) is 1.23. The summed E-state index contributed by atoms with van der Waals surface area (Å²) < 4.78 is 0.